The van der Waals surface area contributed by atoms with E-state index in [2.05, 4.69) is 30.3 Å². The van der Waals surface area contributed by atoms with Crippen LogP contribution in [0.1, 0.15) is 24.6 Å². The van der Waals surface area contributed by atoms with Crippen molar-refractivity contribution < 1.29 is 13.9 Å². The van der Waals surface area contributed by atoms with E-state index in [-0.39, 0.29) is 22.9 Å². The minimum atomic E-state index is -0.471. The van der Waals surface area contributed by atoms with Gasteiger partial charge in [0.2, 0.25) is 5.95 Å². The van der Waals surface area contributed by atoms with Gasteiger partial charge in [0, 0.05) is 42.0 Å². The predicted octanol–water partition coefficient (Wildman–Crippen LogP) is 3.86. The van der Waals surface area contributed by atoms with Crippen molar-refractivity contribution in [1.82, 2.24) is 24.7 Å². The fourth-order valence-electron chi connectivity index (χ4n) is 5.14. The van der Waals surface area contributed by atoms with Crippen molar-refractivity contribution in [3.63, 3.8) is 0 Å². The van der Waals surface area contributed by atoms with E-state index in [1.807, 2.05) is 13.0 Å². The molecule has 3 aliphatic rings. The van der Waals surface area contributed by atoms with E-state index in [0.717, 1.165) is 37.4 Å². The number of rotatable bonds is 6. The van der Waals surface area contributed by atoms with Gasteiger partial charge in [-0.2, -0.15) is 4.98 Å². The SMILES string of the molecule is Cc1cc(N2C[C@H]3CC[C@@H](C2)[C@@H]3Nc2nc(Oc3cc(F)cc(Cl)c3)n(C3COC3)n2)ncn1. The van der Waals surface area contributed by atoms with Crippen LogP contribution in [0.4, 0.5) is 16.2 Å². The number of halogens is 2. The molecule has 0 radical (unpaired) electrons. The fraction of sp³-hybridized carbons (Fsp3) is 0.478. The van der Waals surface area contributed by atoms with Gasteiger partial charge in [-0.05, 0) is 43.7 Å². The minimum absolute atomic E-state index is 0.0293. The van der Waals surface area contributed by atoms with Gasteiger partial charge in [-0.25, -0.2) is 19.0 Å². The summed E-state index contributed by atoms with van der Waals surface area (Å²) >= 11 is 5.99. The van der Waals surface area contributed by atoms with Gasteiger partial charge in [0.05, 0.1) is 13.2 Å². The molecule has 0 unspecified atom stereocenters. The quantitative estimate of drug-likeness (QED) is 0.563. The number of benzene rings is 1. The van der Waals surface area contributed by atoms with Crippen molar-refractivity contribution >= 4 is 23.4 Å². The van der Waals surface area contributed by atoms with Crippen LogP contribution in [-0.2, 0) is 4.74 Å². The molecule has 6 rings (SSSR count). The molecule has 3 aromatic rings. The molecular weight excluding hydrogens is 461 g/mol. The van der Waals surface area contributed by atoms with Crippen LogP contribution in [0.25, 0.3) is 0 Å². The number of hydrogen-bond donors (Lipinski definition) is 1. The Morgan fingerprint density at radius 3 is 2.59 bits per heavy atom. The first-order valence-corrected chi connectivity index (χ1v) is 11.9. The predicted molar refractivity (Wildman–Crippen MR) is 124 cm³/mol. The lowest BCUT2D eigenvalue weighted by atomic mass is 9.92. The van der Waals surface area contributed by atoms with Gasteiger partial charge in [-0.15, -0.1) is 5.10 Å². The second-order valence-electron chi connectivity index (χ2n) is 9.25. The Bertz CT molecular complexity index is 1170. The van der Waals surface area contributed by atoms with Crippen molar-refractivity contribution in [1.29, 1.82) is 0 Å². The molecule has 1 aliphatic carbocycles. The number of aryl methyl sites for hydroxylation is 1. The second kappa shape index (κ2) is 8.66. The zero-order valence-corrected chi connectivity index (χ0v) is 19.5. The Morgan fingerprint density at radius 1 is 1.12 bits per heavy atom. The molecule has 0 amide bonds. The van der Waals surface area contributed by atoms with E-state index in [1.54, 1.807) is 17.1 Å². The van der Waals surface area contributed by atoms with Crippen LogP contribution in [0.5, 0.6) is 11.8 Å². The lowest BCUT2D eigenvalue weighted by molar-refractivity contribution is -0.0312. The summed E-state index contributed by atoms with van der Waals surface area (Å²) in [5, 5.41) is 8.51. The maximum Gasteiger partial charge on any atom is 0.322 e. The molecular formula is C23H25ClFN7O2. The Kier molecular flexibility index (Phi) is 5.49. The van der Waals surface area contributed by atoms with Crippen LogP contribution < -0.4 is 15.0 Å². The topological polar surface area (TPSA) is 90.2 Å². The Labute approximate surface area is 201 Å². The number of nitrogens with one attached hydrogen (secondary N) is 1. The highest BCUT2D eigenvalue weighted by Crippen LogP contribution is 2.40. The first-order valence-electron chi connectivity index (χ1n) is 11.5. The first-order chi connectivity index (χ1) is 16.5. The third kappa shape index (κ3) is 4.16. The fourth-order valence-corrected chi connectivity index (χ4v) is 5.35. The molecule has 2 saturated heterocycles. The molecule has 178 valence electrons. The summed E-state index contributed by atoms with van der Waals surface area (Å²) in [6.45, 7) is 4.90. The number of fused-ring (bicyclic) bond motifs is 2. The molecule has 4 heterocycles. The van der Waals surface area contributed by atoms with Crippen LogP contribution in [0.15, 0.2) is 30.6 Å². The number of piperidine rings is 1. The van der Waals surface area contributed by atoms with E-state index < -0.39 is 5.82 Å². The number of aromatic nitrogens is 5. The van der Waals surface area contributed by atoms with Crippen molar-refractivity contribution in [2.24, 2.45) is 11.8 Å². The van der Waals surface area contributed by atoms with Gasteiger partial charge in [-0.1, -0.05) is 11.6 Å². The summed E-state index contributed by atoms with van der Waals surface area (Å²) < 4.78 is 26.7. The maximum atomic E-state index is 13.8. The van der Waals surface area contributed by atoms with Crippen LogP contribution >= 0.6 is 11.6 Å². The van der Waals surface area contributed by atoms with Gasteiger partial charge in [-0.3, -0.25) is 0 Å². The maximum absolute atomic E-state index is 13.8. The zero-order chi connectivity index (χ0) is 23.2. The van der Waals surface area contributed by atoms with Crippen molar-refractivity contribution in [3.05, 3.63) is 47.1 Å². The zero-order valence-electron chi connectivity index (χ0n) is 18.7. The minimum Gasteiger partial charge on any atom is -0.424 e. The molecule has 3 atom stereocenters. The van der Waals surface area contributed by atoms with E-state index in [1.165, 1.54) is 12.1 Å². The molecule has 3 fully saturated rings. The van der Waals surface area contributed by atoms with Gasteiger partial charge in [0.15, 0.2) is 0 Å². The highest BCUT2D eigenvalue weighted by atomic mass is 35.5. The summed E-state index contributed by atoms with van der Waals surface area (Å²) in [6, 6.07) is 6.69. The third-order valence-corrected chi connectivity index (χ3v) is 7.07. The average Bonchev–Trinajstić information content (AvgIpc) is 3.21. The largest absolute Gasteiger partial charge is 0.424 e. The standard InChI is InChI=1S/C23H25ClFN7O2/c1-13-4-20(27-12-26-13)31-8-14-2-3-15(9-31)21(14)28-22-29-23(32(30-22)18-10-33-11-18)34-19-6-16(24)5-17(25)7-19/h4-7,12,14-15,18,21H,2-3,8-11H2,1H3,(H,28,30)/t14-,15+,21-. The Morgan fingerprint density at radius 2 is 1.91 bits per heavy atom. The summed E-state index contributed by atoms with van der Waals surface area (Å²) in [7, 11) is 0. The van der Waals surface area contributed by atoms with Crippen LogP contribution in [0.2, 0.25) is 5.02 Å². The molecule has 34 heavy (non-hydrogen) atoms. The molecule has 1 saturated carbocycles. The van der Waals surface area contributed by atoms with Crippen LogP contribution in [0, 0.1) is 24.6 Å². The number of nitrogens with zero attached hydrogens (tertiary/aromatic N) is 6. The normalized spacial score (nSPS) is 24.2. The lowest BCUT2D eigenvalue weighted by Gasteiger charge is -2.38. The molecule has 1 aromatic carbocycles. The van der Waals surface area contributed by atoms with Crippen LogP contribution in [-0.4, -0.2) is 57.1 Å². The average molecular weight is 486 g/mol. The van der Waals surface area contributed by atoms with Gasteiger partial charge in [0.1, 0.15) is 29.8 Å². The van der Waals surface area contributed by atoms with E-state index in [4.69, 9.17) is 21.1 Å². The van der Waals surface area contributed by atoms with E-state index in [0.29, 0.717) is 37.0 Å². The number of hydrogen-bond acceptors (Lipinski definition) is 8. The lowest BCUT2D eigenvalue weighted by Crippen LogP contribution is -2.48. The summed E-state index contributed by atoms with van der Waals surface area (Å²) in [5.41, 5.74) is 0.972. The first kappa shape index (κ1) is 21.5. The number of anilines is 2. The highest BCUT2D eigenvalue weighted by Gasteiger charge is 2.43. The molecule has 11 heteroatoms. The molecule has 1 N–H and O–H groups in total. The van der Waals surface area contributed by atoms with E-state index >= 15 is 0 Å². The van der Waals surface area contributed by atoms with Crippen LogP contribution in [0.3, 0.4) is 0 Å². The van der Waals surface area contributed by atoms with E-state index in [9.17, 15) is 4.39 Å². The van der Waals surface area contributed by atoms with Gasteiger partial charge < -0.3 is 19.7 Å². The second-order valence-corrected chi connectivity index (χ2v) is 9.69. The Hall–Kier alpha value is -2.98. The van der Waals surface area contributed by atoms with Crippen molar-refractivity contribution in [3.8, 4) is 11.8 Å². The molecule has 9 nitrogen and oxygen atoms in total. The summed E-state index contributed by atoms with van der Waals surface area (Å²) in [6.07, 6.45) is 3.92. The monoisotopic (exact) mass is 485 g/mol. The molecule has 0 spiro atoms. The molecule has 2 aromatic heterocycles. The van der Waals surface area contributed by atoms with Gasteiger partial charge >= 0.3 is 6.01 Å². The van der Waals surface area contributed by atoms with Crippen molar-refractivity contribution in [2.75, 3.05) is 36.5 Å². The van der Waals surface area contributed by atoms with Gasteiger partial charge in [0.25, 0.3) is 0 Å². The summed E-state index contributed by atoms with van der Waals surface area (Å²) in [4.78, 5) is 15.7. The number of ether oxygens (including phenoxy) is 2. The molecule has 2 bridgehead atoms. The smallest absolute Gasteiger partial charge is 0.322 e. The Balaban J connectivity index is 1.21. The third-order valence-electron chi connectivity index (χ3n) is 6.85. The molecule has 2 aliphatic heterocycles. The van der Waals surface area contributed by atoms with Crippen molar-refractivity contribution in [2.45, 2.75) is 31.8 Å². The summed E-state index contributed by atoms with van der Waals surface area (Å²) in [5.74, 6) is 2.22. The highest BCUT2D eigenvalue weighted by molar-refractivity contribution is 6.30.